The third-order valence-corrected chi connectivity index (χ3v) is 4.67. The fourth-order valence-electron chi connectivity index (χ4n) is 2.78. The number of halogens is 1. The molecule has 0 radical (unpaired) electrons. The first-order valence-corrected chi connectivity index (χ1v) is 10.7. The van der Waals surface area contributed by atoms with Crippen LogP contribution in [0.3, 0.4) is 0 Å². The summed E-state index contributed by atoms with van der Waals surface area (Å²) in [5.74, 6) is 0.548. The zero-order valence-electron chi connectivity index (χ0n) is 18.1. The molecule has 3 aromatic rings. The summed E-state index contributed by atoms with van der Waals surface area (Å²) in [7, 11) is 0. The molecule has 3 rings (SSSR count). The molecule has 0 bridgehead atoms. The first-order chi connectivity index (χ1) is 16.0. The lowest BCUT2D eigenvalue weighted by Gasteiger charge is -2.07. The van der Waals surface area contributed by atoms with Crippen LogP contribution in [-0.4, -0.2) is 31.2 Å². The number of ether oxygens (including phenoxy) is 2. The summed E-state index contributed by atoms with van der Waals surface area (Å²) >= 11 is 5.89. The number of nitrogens with zero attached hydrogens (tertiary/aromatic N) is 1. The van der Waals surface area contributed by atoms with Crippen LogP contribution in [0.2, 0.25) is 5.02 Å². The van der Waals surface area contributed by atoms with Crippen molar-refractivity contribution in [3.63, 3.8) is 0 Å². The predicted molar refractivity (Wildman–Crippen MR) is 128 cm³/mol. The number of benzene rings is 3. The maximum absolute atomic E-state index is 12.1. The van der Waals surface area contributed by atoms with Crippen molar-refractivity contribution in [3.8, 4) is 11.5 Å². The molecule has 170 valence electrons. The molecule has 0 atom stereocenters. The van der Waals surface area contributed by atoms with Gasteiger partial charge < -0.3 is 14.8 Å². The van der Waals surface area contributed by atoms with Gasteiger partial charge in [-0.2, -0.15) is 5.10 Å². The monoisotopic (exact) mass is 465 g/mol. The molecule has 3 aromatic carbocycles. The summed E-state index contributed by atoms with van der Waals surface area (Å²) in [4.78, 5) is 24.1. The van der Waals surface area contributed by atoms with Crippen LogP contribution in [0.5, 0.6) is 11.5 Å². The highest BCUT2D eigenvalue weighted by molar-refractivity contribution is 6.30. The van der Waals surface area contributed by atoms with E-state index in [9.17, 15) is 9.59 Å². The van der Waals surface area contributed by atoms with Gasteiger partial charge in [0.05, 0.1) is 19.4 Å². The minimum atomic E-state index is -0.444. The Hall–Kier alpha value is -3.84. The van der Waals surface area contributed by atoms with E-state index in [1.54, 1.807) is 30.3 Å². The number of hydrazone groups is 1. The molecule has 0 spiro atoms. The van der Waals surface area contributed by atoms with E-state index < -0.39 is 5.91 Å². The van der Waals surface area contributed by atoms with Crippen molar-refractivity contribution in [2.45, 2.75) is 13.5 Å². The van der Waals surface area contributed by atoms with Gasteiger partial charge in [0.25, 0.3) is 11.8 Å². The lowest BCUT2D eigenvalue weighted by atomic mass is 10.2. The first kappa shape index (κ1) is 23.8. The average Bonchev–Trinajstić information content (AvgIpc) is 2.83. The van der Waals surface area contributed by atoms with Crippen LogP contribution >= 0.6 is 11.6 Å². The molecule has 0 aromatic heterocycles. The van der Waals surface area contributed by atoms with E-state index in [1.165, 1.54) is 6.21 Å². The Bertz CT molecular complexity index is 1100. The zero-order chi connectivity index (χ0) is 23.5. The van der Waals surface area contributed by atoms with Crippen molar-refractivity contribution in [3.05, 3.63) is 94.5 Å². The second-order valence-electron chi connectivity index (χ2n) is 6.92. The van der Waals surface area contributed by atoms with Crippen molar-refractivity contribution in [1.82, 2.24) is 10.7 Å². The summed E-state index contributed by atoms with van der Waals surface area (Å²) in [5, 5.41) is 7.16. The van der Waals surface area contributed by atoms with Gasteiger partial charge in [-0.05, 0) is 66.6 Å². The summed E-state index contributed by atoms with van der Waals surface area (Å²) in [6.07, 6.45) is 1.50. The third kappa shape index (κ3) is 7.97. The van der Waals surface area contributed by atoms with Gasteiger partial charge in [0, 0.05) is 10.6 Å². The number of carbonyl (C=O) groups excluding carboxylic acids is 2. The van der Waals surface area contributed by atoms with Gasteiger partial charge in [-0.3, -0.25) is 9.59 Å². The second-order valence-corrected chi connectivity index (χ2v) is 7.36. The summed E-state index contributed by atoms with van der Waals surface area (Å²) in [6.45, 7) is 2.64. The topological polar surface area (TPSA) is 89.0 Å². The Labute approximate surface area is 197 Å². The number of rotatable bonds is 10. The highest BCUT2D eigenvalue weighted by Crippen LogP contribution is 2.16. The maximum Gasteiger partial charge on any atom is 0.259 e. The molecule has 0 aliphatic heterocycles. The molecule has 0 saturated heterocycles. The molecule has 0 aliphatic carbocycles. The average molecular weight is 466 g/mol. The zero-order valence-corrected chi connectivity index (χ0v) is 18.8. The molecule has 33 heavy (non-hydrogen) atoms. The molecule has 0 saturated carbocycles. The van der Waals surface area contributed by atoms with Crippen molar-refractivity contribution in [2.24, 2.45) is 5.10 Å². The number of amides is 2. The van der Waals surface area contributed by atoms with E-state index in [4.69, 9.17) is 21.1 Å². The first-order valence-electron chi connectivity index (χ1n) is 10.3. The van der Waals surface area contributed by atoms with Crippen molar-refractivity contribution >= 4 is 29.6 Å². The van der Waals surface area contributed by atoms with E-state index in [1.807, 2.05) is 49.4 Å². The Morgan fingerprint density at radius 1 is 0.970 bits per heavy atom. The van der Waals surface area contributed by atoms with E-state index >= 15 is 0 Å². The quantitative estimate of drug-likeness (QED) is 0.347. The second kappa shape index (κ2) is 12.3. The summed E-state index contributed by atoms with van der Waals surface area (Å²) in [5.41, 5.74) is 4.57. The van der Waals surface area contributed by atoms with E-state index in [-0.39, 0.29) is 12.5 Å². The Balaban J connectivity index is 1.43. The lowest BCUT2D eigenvalue weighted by molar-refractivity contribution is -0.120. The van der Waals surface area contributed by atoms with Gasteiger partial charge in [0.2, 0.25) is 0 Å². The Morgan fingerprint density at radius 2 is 1.73 bits per heavy atom. The SMILES string of the molecule is CCOc1ccc(C(=O)NCC(=O)N/N=C/c2cccc(OCc3ccc(Cl)cc3)c2)cc1. The molecule has 0 aliphatic rings. The minimum absolute atomic E-state index is 0.201. The molecule has 2 N–H and O–H groups in total. The molecular weight excluding hydrogens is 442 g/mol. The van der Waals surface area contributed by atoms with Gasteiger partial charge >= 0.3 is 0 Å². The van der Waals surface area contributed by atoms with Gasteiger partial charge in [-0.1, -0.05) is 35.9 Å². The normalized spacial score (nSPS) is 10.6. The number of nitrogens with one attached hydrogen (secondary N) is 2. The lowest BCUT2D eigenvalue weighted by Crippen LogP contribution is -2.34. The smallest absolute Gasteiger partial charge is 0.259 e. The molecule has 0 heterocycles. The highest BCUT2D eigenvalue weighted by Gasteiger charge is 2.08. The van der Waals surface area contributed by atoms with Crippen LogP contribution in [0, 0.1) is 0 Å². The molecule has 7 nitrogen and oxygen atoms in total. The molecule has 0 fully saturated rings. The van der Waals surface area contributed by atoms with Crippen LogP contribution in [0.25, 0.3) is 0 Å². The van der Waals surface area contributed by atoms with Gasteiger partial charge in [-0.25, -0.2) is 5.43 Å². The van der Waals surface area contributed by atoms with E-state index in [0.29, 0.717) is 35.3 Å². The minimum Gasteiger partial charge on any atom is -0.494 e. The van der Waals surface area contributed by atoms with E-state index in [2.05, 4.69) is 15.8 Å². The van der Waals surface area contributed by atoms with E-state index in [0.717, 1.165) is 11.1 Å². The fourth-order valence-corrected chi connectivity index (χ4v) is 2.91. The van der Waals surface area contributed by atoms with Crippen LogP contribution in [0.1, 0.15) is 28.4 Å². The number of hydrogen-bond donors (Lipinski definition) is 2. The molecule has 2 amide bonds. The van der Waals surface area contributed by atoms with Gasteiger partial charge in [0.1, 0.15) is 18.1 Å². The predicted octanol–water partition coefficient (Wildman–Crippen LogP) is 4.20. The third-order valence-electron chi connectivity index (χ3n) is 4.42. The molecule has 0 unspecified atom stereocenters. The number of hydrogen-bond acceptors (Lipinski definition) is 5. The van der Waals surface area contributed by atoms with Gasteiger partial charge in [-0.15, -0.1) is 0 Å². The standard InChI is InChI=1S/C25H24ClN3O4/c1-2-32-22-12-8-20(9-13-22)25(31)27-16-24(30)29-28-15-19-4-3-5-23(14-19)33-17-18-6-10-21(26)11-7-18/h3-15H,2,16-17H2,1H3,(H,27,31)(H,29,30)/b28-15+. The fraction of sp³-hybridized carbons (Fsp3) is 0.160. The van der Waals surface area contributed by atoms with Crippen LogP contribution < -0.4 is 20.2 Å². The Kier molecular flexibility index (Phi) is 8.85. The van der Waals surface area contributed by atoms with Crippen LogP contribution in [-0.2, 0) is 11.4 Å². The maximum atomic E-state index is 12.1. The molecular formula is C25H24ClN3O4. The number of carbonyl (C=O) groups is 2. The largest absolute Gasteiger partial charge is 0.494 e. The summed E-state index contributed by atoms with van der Waals surface area (Å²) in [6, 6.07) is 21.4. The Morgan fingerprint density at radius 3 is 2.45 bits per heavy atom. The van der Waals surface area contributed by atoms with Crippen molar-refractivity contribution in [2.75, 3.05) is 13.2 Å². The van der Waals surface area contributed by atoms with Crippen molar-refractivity contribution < 1.29 is 19.1 Å². The molecule has 8 heteroatoms. The van der Waals surface area contributed by atoms with Crippen LogP contribution in [0.15, 0.2) is 77.9 Å². The highest BCUT2D eigenvalue weighted by atomic mass is 35.5. The van der Waals surface area contributed by atoms with Crippen molar-refractivity contribution in [1.29, 1.82) is 0 Å². The van der Waals surface area contributed by atoms with Crippen LogP contribution in [0.4, 0.5) is 0 Å². The summed E-state index contributed by atoms with van der Waals surface area (Å²) < 4.78 is 11.1. The van der Waals surface area contributed by atoms with Gasteiger partial charge in [0.15, 0.2) is 0 Å².